The van der Waals surface area contributed by atoms with Gasteiger partial charge in [0.1, 0.15) is 5.82 Å². The van der Waals surface area contributed by atoms with Crippen molar-refractivity contribution in [3.8, 4) is 6.07 Å². The van der Waals surface area contributed by atoms with Crippen LogP contribution in [0.2, 0.25) is 0 Å². The highest BCUT2D eigenvalue weighted by Gasteiger charge is 2.60. The first-order chi connectivity index (χ1) is 17.1. The second-order valence-corrected chi connectivity index (χ2v) is 10.8. The molecule has 4 aliphatic rings. The zero-order valence-electron chi connectivity index (χ0n) is 19.9. The predicted molar refractivity (Wildman–Crippen MR) is 133 cm³/mol. The summed E-state index contributed by atoms with van der Waals surface area (Å²) < 4.78 is 5.41. The molecule has 180 valence electrons. The second-order valence-electron chi connectivity index (χ2n) is 10.8. The molecule has 4 aliphatic heterocycles. The fourth-order valence-electron chi connectivity index (χ4n) is 6.88. The molecular weight excluding hydrogens is 440 g/mol. The number of fused-ring (bicyclic) bond motifs is 1. The largest absolute Gasteiger partial charge is 0.380 e. The van der Waals surface area contributed by atoms with Crippen molar-refractivity contribution in [3.63, 3.8) is 0 Å². The molecule has 2 aromatic heterocycles. The van der Waals surface area contributed by atoms with Crippen LogP contribution >= 0.6 is 0 Å². The van der Waals surface area contributed by atoms with Crippen molar-refractivity contribution in [2.24, 2.45) is 0 Å². The monoisotopic (exact) mass is 470 g/mol. The Bertz CT molecular complexity index is 1330. The molecule has 0 radical (unpaired) electrons. The van der Waals surface area contributed by atoms with E-state index in [1.807, 2.05) is 13.0 Å². The van der Waals surface area contributed by atoms with Gasteiger partial charge >= 0.3 is 0 Å². The van der Waals surface area contributed by atoms with Crippen LogP contribution in [0.15, 0.2) is 24.3 Å². The zero-order chi connectivity index (χ0) is 23.6. The van der Waals surface area contributed by atoms with Gasteiger partial charge in [0.2, 0.25) is 5.95 Å². The minimum absolute atomic E-state index is 0.162. The highest BCUT2D eigenvalue weighted by atomic mass is 16.5. The molecular formula is C26H30N8O. The smallest absolute Gasteiger partial charge is 0.225 e. The maximum atomic E-state index is 9.32. The van der Waals surface area contributed by atoms with Crippen molar-refractivity contribution >= 4 is 28.5 Å². The Hall–Kier alpha value is -3.22. The Balaban J connectivity index is 1.18. The number of hydrogen-bond acceptors (Lipinski definition) is 8. The number of aromatic amines is 1. The molecule has 3 N–H and O–H groups in total. The lowest BCUT2D eigenvalue weighted by molar-refractivity contribution is -0.0880. The van der Waals surface area contributed by atoms with Gasteiger partial charge in [0.15, 0.2) is 5.82 Å². The van der Waals surface area contributed by atoms with Crippen LogP contribution in [0.3, 0.4) is 0 Å². The number of rotatable bonds is 6. The summed E-state index contributed by atoms with van der Waals surface area (Å²) in [6, 6.07) is 12.3. The molecule has 4 fully saturated rings. The standard InChI is InChI=1S/C26H30N8O/c1-15-8-23(33-32-15)30-24-21-3-2-16(17-13-35-14-17)9-22(21)29-25(31-24)28-18-10-19-4-5-26(6-7-27)12-20(11-18)34(19)26/h2-3,8-9,17-20H,4-6,10-14H2,1H3,(H3,28,29,30,31,32,33)/t18-,19-,20-,26?/m0/s1. The number of hydrogen-bond donors (Lipinski definition) is 3. The normalized spacial score (nSPS) is 29.8. The van der Waals surface area contributed by atoms with Crippen LogP contribution in [-0.4, -0.2) is 61.9 Å². The van der Waals surface area contributed by atoms with Crippen molar-refractivity contribution in [1.82, 2.24) is 25.1 Å². The van der Waals surface area contributed by atoms with Crippen LogP contribution < -0.4 is 10.6 Å². The third-order valence-corrected chi connectivity index (χ3v) is 8.53. The predicted octanol–water partition coefficient (Wildman–Crippen LogP) is 3.98. The van der Waals surface area contributed by atoms with Gasteiger partial charge in [-0.25, -0.2) is 4.98 Å². The minimum atomic E-state index is 0.162. The Morgan fingerprint density at radius 2 is 2.11 bits per heavy atom. The Morgan fingerprint density at radius 1 is 1.23 bits per heavy atom. The lowest BCUT2D eigenvalue weighted by Gasteiger charge is -2.59. The molecule has 3 aromatic rings. The lowest BCUT2D eigenvalue weighted by Crippen LogP contribution is -2.68. The van der Waals surface area contributed by atoms with Gasteiger partial charge in [-0.05, 0) is 56.7 Å². The summed E-state index contributed by atoms with van der Waals surface area (Å²) in [5.74, 6) is 2.60. The molecule has 0 amide bonds. The molecule has 6 heterocycles. The number of anilines is 3. The third-order valence-electron chi connectivity index (χ3n) is 8.53. The minimum Gasteiger partial charge on any atom is -0.380 e. The Morgan fingerprint density at radius 3 is 2.89 bits per heavy atom. The van der Waals surface area contributed by atoms with Crippen LogP contribution in [-0.2, 0) is 4.74 Å². The summed E-state index contributed by atoms with van der Waals surface area (Å²) in [7, 11) is 0. The van der Waals surface area contributed by atoms with E-state index in [-0.39, 0.29) is 5.54 Å². The molecule has 9 heteroatoms. The van der Waals surface area contributed by atoms with Crippen molar-refractivity contribution in [2.45, 2.75) is 75.0 Å². The van der Waals surface area contributed by atoms with Crippen LogP contribution in [0.4, 0.5) is 17.6 Å². The summed E-state index contributed by atoms with van der Waals surface area (Å²) in [6.45, 7) is 3.53. The molecule has 4 atom stereocenters. The van der Waals surface area contributed by atoms with Gasteiger partial charge in [0.05, 0.1) is 31.2 Å². The van der Waals surface area contributed by atoms with E-state index in [4.69, 9.17) is 14.7 Å². The molecule has 1 aromatic carbocycles. The third kappa shape index (κ3) is 3.46. The van der Waals surface area contributed by atoms with E-state index >= 15 is 0 Å². The van der Waals surface area contributed by atoms with E-state index in [1.54, 1.807) is 0 Å². The van der Waals surface area contributed by atoms with Gasteiger partial charge in [0.25, 0.3) is 0 Å². The summed E-state index contributed by atoms with van der Waals surface area (Å²) >= 11 is 0. The Labute approximate surface area is 204 Å². The quantitative estimate of drug-likeness (QED) is 0.496. The van der Waals surface area contributed by atoms with Crippen molar-refractivity contribution < 1.29 is 4.74 Å². The van der Waals surface area contributed by atoms with E-state index in [9.17, 15) is 5.26 Å². The van der Waals surface area contributed by atoms with Crippen LogP contribution in [0.25, 0.3) is 10.9 Å². The molecule has 0 spiro atoms. The van der Waals surface area contributed by atoms with E-state index in [2.05, 4.69) is 50.0 Å². The first-order valence-corrected chi connectivity index (χ1v) is 12.7. The topological polar surface area (TPSA) is 115 Å². The fraction of sp³-hybridized carbons (Fsp3) is 0.538. The number of piperidine rings is 1. The van der Waals surface area contributed by atoms with Crippen molar-refractivity contribution in [1.29, 1.82) is 5.26 Å². The Kier molecular flexibility index (Phi) is 4.76. The molecule has 35 heavy (non-hydrogen) atoms. The first-order valence-electron chi connectivity index (χ1n) is 12.7. The average molecular weight is 471 g/mol. The molecule has 0 saturated carbocycles. The number of nitrogens with one attached hydrogen (secondary N) is 3. The van der Waals surface area contributed by atoms with Gasteiger partial charge in [0, 0.05) is 46.7 Å². The van der Waals surface area contributed by atoms with E-state index < -0.39 is 0 Å². The summed E-state index contributed by atoms with van der Waals surface area (Å²) in [4.78, 5) is 12.5. The maximum absolute atomic E-state index is 9.32. The zero-order valence-corrected chi connectivity index (χ0v) is 19.9. The molecule has 7 rings (SSSR count). The summed E-state index contributed by atoms with van der Waals surface area (Å²) in [6.07, 6.45) is 6.31. The maximum Gasteiger partial charge on any atom is 0.225 e. The van der Waals surface area contributed by atoms with E-state index in [0.29, 0.717) is 36.4 Å². The second kappa shape index (κ2) is 7.90. The lowest BCUT2D eigenvalue weighted by atomic mass is 9.72. The van der Waals surface area contributed by atoms with Crippen LogP contribution in [0.1, 0.15) is 55.7 Å². The van der Waals surface area contributed by atoms with Crippen LogP contribution in [0, 0.1) is 18.3 Å². The van der Waals surface area contributed by atoms with Gasteiger partial charge in [-0.3, -0.25) is 10.00 Å². The molecule has 4 saturated heterocycles. The van der Waals surface area contributed by atoms with Crippen LogP contribution in [0.5, 0.6) is 0 Å². The van der Waals surface area contributed by atoms with Gasteiger partial charge in [-0.1, -0.05) is 6.07 Å². The van der Waals surface area contributed by atoms with Gasteiger partial charge in [-0.2, -0.15) is 15.3 Å². The number of H-pyrrole nitrogens is 1. The highest BCUT2D eigenvalue weighted by Crippen LogP contribution is 2.55. The molecule has 9 nitrogen and oxygen atoms in total. The number of aryl methyl sites for hydroxylation is 1. The molecule has 0 bridgehead atoms. The summed E-state index contributed by atoms with van der Waals surface area (Å²) in [5, 5.41) is 24.7. The fourth-order valence-corrected chi connectivity index (χ4v) is 6.88. The van der Waals surface area contributed by atoms with E-state index in [1.165, 1.54) is 12.0 Å². The number of nitriles is 1. The number of benzene rings is 1. The van der Waals surface area contributed by atoms with Crippen molar-refractivity contribution in [3.05, 3.63) is 35.5 Å². The van der Waals surface area contributed by atoms with E-state index in [0.717, 1.165) is 67.1 Å². The molecule has 1 unspecified atom stereocenters. The number of ether oxygens (including phenoxy) is 1. The average Bonchev–Trinajstić information content (AvgIpc) is 3.33. The van der Waals surface area contributed by atoms with Gasteiger partial charge < -0.3 is 15.4 Å². The van der Waals surface area contributed by atoms with Crippen molar-refractivity contribution in [2.75, 3.05) is 23.8 Å². The molecule has 0 aliphatic carbocycles. The first kappa shape index (κ1) is 21.1. The number of aromatic nitrogens is 4. The highest BCUT2D eigenvalue weighted by molar-refractivity contribution is 5.92. The SMILES string of the molecule is Cc1cc(Nc2nc(N[C@H]3C[C@@H]4CCC5(CC#N)C[C@H](C3)N45)nc3cc(C4COC4)ccc23)n[nH]1. The summed E-state index contributed by atoms with van der Waals surface area (Å²) in [5.41, 5.74) is 3.34. The number of nitrogens with zero attached hydrogens (tertiary/aromatic N) is 5. The van der Waals surface area contributed by atoms with Gasteiger partial charge in [-0.15, -0.1) is 0 Å².